The summed E-state index contributed by atoms with van der Waals surface area (Å²) in [5.41, 5.74) is 7.49. The predicted octanol–water partition coefficient (Wildman–Crippen LogP) is 4.82. The van der Waals surface area contributed by atoms with Gasteiger partial charge in [-0.05, 0) is 59.6 Å². The molecule has 0 fully saturated rings. The molecule has 0 amide bonds. The molecule has 3 aliphatic carbocycles. The Balaban J connectivity index is 1.74. The Hall–Kier alpha value is -3.00. The average molecular weight is 352 g/mol. The summed E-state index contributed by atoms with van der Waals surface area (Å²) in [6.07, 6.45) is 10.2. The van der Waals surface area contributed by atoms with Crippen molar-refractivity contribution in [2.45, 2.75) is 32.1 Å². The zero-order valence-electron chi connectivity index (χ0n) is 15.1. The number of carbonyl (C=O) groups excluding carboxylic acids is 2. The summed E-state index contributed by atoms with van der Waals surface area (Å²) >= 11 is 0. The molecule has 132 valence electrons. The van der Waals surface area contributed by atoms with Crippen molar-refractivity contribution >= 4 is 17.1 Å². The van der Waals surface area contributed by atoms with E-state index >= 15 is 0 Å². The highest BCUT2D eigenvalue weighted by molar-refractivity contribution is 6.29. The third-order valence-electron chi connectivity index (χ3n) is 5.88. The van der Waals surface area contributed by atoms with Crippen molar-refractivity contribution in [3.8, 4) is 0 Å². The molecular weight excluding hydrogens is 332 g/mol. The minimum Gasteiger partial charge on any atom is -0.289 e. The van der Waals surface area contributed by atoms with Crippen LogP contribution in [-0.4, -0.2) is 11.6 Å². The highest BCUT2D eigenvalue weighted by Crippen LogP contribution is 2.42. The number of rotatable bonds is 2. The Bertz CT molecular complexity index is 1070. The van der Waals surface area contributed by atoms with Crippen LogP contribution in [0.5, 0.6) is 0 Å². The van der Waals surface area contributed by atoms with E-state index in [9.17, 15) is 9.59 Å². The molecule has 2 nitrogen and oxygen atoms in total. The summed E-state index contributed by atoms with van der Waals surface area (Å²) in [4.78, 5) is 26.4. The molecule has 0 saturated heterocycles. The van der Waals surface area contributed by atoms with Gasteiger partial charge in [0.05, 0.1) is 0 Å². The fraction of sp³-hybridized carbons (Fsp3) is 0.200. The molecule has 0 saturated carbocycles. The average Bonchev–Trinajstić information content (AvgIpc) is 2.71. The van der Waals surface area contributed by atoms with Gasteiger partial charge in [-0.1, -0.05) is 54.6 Å². The molecule has 0 heterocycles. The largest absolute Gasteiger partial charge is 0.289 e. The SMILES string of the molecule is O=C1C=CC=C2C1=C(Cc1ccccc1)C(=O)c1c2ccc2c1CCCC2. The molecule has 0 atom stereocenters. The first-order chi connectivity index (χ1) is 13.2. The Labute approximate surface area is 158 Å². The van der Waals surface area contributed by atoms with Crippen LogP contribution in [0.1, 0.15) is 45.5 Å². The Morgan fingerprint density at radius 1 is 0.889 bits per heavy atom. The van der Waals surface area contributed by atoms with Crippen LogP contribution in [0.15, 0.2) is 71.8 Å². The predicted molar refractivity (Wildman–Crippen MR) is 107 cm³/mol. The molecule has 0 bridgehead atoms. The van der Waals surface area contributed by atoms with Crippen LogP contribution in [0.2, 0.25) is 0 Å². The molecule has 0 aromatic heterocycles. The Kier molecular flexibility index (Phi) is 3.78. The van der Waals surface area contributed by atoms with E-state index in [1.165, 1.54) is 17.5 Å². The summed E-state index contributed by atoms with van der Waals surface area (Å²) < 4.78 is 0. The van der Waals surface area contributed by atoms with E-state index in [-0.39, 0.29) is 11.6 Å². The van der Waals surface area contributed by atoms with Gasteiger partial charge in [-0.25, -0.2) is 0 Å². The maximum Gasteiger partial charge on any atom is 0.191 e. The van der Waals surface area contributed by atoms with E-state index < -0.39 is 0 Å². The summed E-state index contributed by atoms with van der Waals surface area (Å²) in [5.74, 6) is -0.0152. The molecule has 0 radical (unpaired) electrons. The van der Waals surface area contributed by atoms with Crippen LogP contribution in [-0.2, 0) is 24.1 Å². The fourth-order valence-electron chi connectivity index (χ4n) is 4.61. The number of aryl methyl sites for hydroxylation is 1. The van der Waals surface area contributed by atoms with Gasteiger partial charge >= 0.3 is 0 Å². The van der Waals surface area contributed by atoms with E-state index in [1.807, 2.05) is 36.4 Å². The van der Waals surface area contributed by atoms with Crippen molar-refractivity contribution in [1.82, 2.24) is 0 Å². The van der Waals surface area contributed by atoms with E-state index in [1.54, 1.807) is 12.2 Å². The van der Waals surface area contributed by atoms with Gasteiger partial charge in [0.2, 0.25) is 0 Å². The van der Waals surface area contributed by atoms with E-state index in [2.05, 4.69) is 12.1 Å². The van der Waals surface area contributed by atoms with E-state index in [0.29, 0.717) is 17.6 Å². The second kappa shape index (κ2) is 6.31. The number of ketones is 2. The maximum absolute atomic E-state index is 13.6. The normalized spacial score (nSPS) is 18.0. The third kappa shape index (κ3) is 2.56. The van der Waals surface area contributed by atoms with E-state index in [4.69, 9.17) is 0 Å². The summed E-state index contributed by atoms with van der Waals surface area (Å²) in [6.45, 7) is 0. The Morgan fingerprint density at radius 2 is 1.70 bits per heavy atom. The van der Waals surface area contributed by atoms with Crippen LogP contribution in [0.3, 0.4) is 0 Å². The number of hydrogen-bond acceptors (Lipinski definition) is 2. The fourth-order valence-corrected chi connectivity index (χ4v) is 4.61. The highest BCUT2D eigenvalue weighted by Gasteiger charge is 2.35. The van der Waals surface area contributed by atoms with Crippen LogP contribution in [0, 0.1) is 0 Å². The second-order valence-corrected chi connectivity index (χ2v) is 7.48. The van der Waals surface area contributed by atoms with Crippen molar-refractivity contribution in [3.05, 3.63) is 99.7 Å². The smallest absolute Gasteiger partial charge is 0.191 e. The quantitative estimate of drug-likeness (QED) is 0.776. The van der Waals surface area contributed by atoms with Crippen LogP contribution >= 0.6 is 0 Å². The molecule has 0 aliphatic heterocycles. The van der Waals surface area contributed by atoms with Gasteiger partial charge < -0.3 is 0 Å². The third-order valence-corrected chi connectivity index (χ3v) is 5.88. The lowest BCUT2D eigenvalue weighted by Crippen LogP contribution is -2.25. The van der Waals surface area contributed by atoms with Gasteiger partial charge in [0.1, 0.15) is 0 Å². The Morgan fingerprint density at radius 3 is 2.56 bits per heavy atom. The van der Waals surface area contributed by atoms with Crippen molar-refractivity contribution in [1.29, 1.82) is 0 Å². The summed E-state index contributed by atoms with van der Waals surface area (Å²) in [7, 11) is 0. The van der Waals surface area contributed by atoms with Gasteiger partial charge in [0, 0.05) is 23.1 Å². The zero-order chi connectivity index (χ0) is 18.4. The first kappa shape index (κ1) is 16.2. The van der Waals surface area contributed by atoms with Gasteiger partial charge in [-0.3, -0.25) is 9.59 Å². The van der Waals surface area contributed by atoms with Crippen molar-refractivity contribution in [3.63, 3.8) is 0 Å². The lowest BCUT2D eigenvalue weighted by molar-refractivity contribution is -0.111. The number of carbonyl (C=O) groups is 2. The summed E-state index contributed by atoms with van der Waals surface area (Å²) in [6, 6.07) is 14.2. The zero-order valence-corrected chi connectivity index (χ0v) is 15.1. The lowest BCUT2D eigenvalue weighted by Gasteiger charge is -2.29. The number of fused-ring (bicyclic) bond motifs is 5. The molecule has 2 aromatic rings. The standard InChI is InChI=1S/C25H20O2/c26-22-12-6-11-19-20-14-13-17-9-4-5-10-18(17)24(20)25(27)21(23(19)22)15-16-7-2-1-3-8-16/h1-3,6-8,11-14H,4-5,9-10,15H2. The molecule has 2 heteroatoms. The molecule has 27 heavy (non-hydrogen) atoms. The molecule has 2 aromatic carbocycles. The number of allylic oxidation sites excluding steroid dienone is 6. The van der Waals surface area contributed by atoms with Crippen molar-refractivity contribution in [2.24, 2.45) is 0 Å². The number of hydrogen-bond donors (Lipinski definition) is 0. The van der Waals surface area contributed by atoms with Crippen LogP contribution in [0.4, 0.5) is 0 Å². The van der Waals surface area contributed by atoms with Gasteiger partial charge in [-0.2, -0.15) is 0 Å². The van der Waals surface area contributed by atoms with Gasteiger partial charge in [0.15, 0.2) is 11.6 Å². The maximum atomic E-state index is 13.6. The first-order valence-corrected chi connectivity index (χ1v) is 9.64. The monoisotopic (exact) mass is 352 g/mol. The molecular formula is C25H20O2. The molecule has 0 spiro atoms. The second-order valence-electron chi connectivity index (χ2n) is 7.48. The minimum absolute atomic E-state index is 0.0448. The number of Topliss-reactive ketones (excluding diaryl/α,β-unsaturated/α-hetero) is 1. The summed E-state index contributed by atoms with van der Waals surface area (Å²) in [5, 5.41) is 0. The van der Waals surface area contributed by atoms with Gasteiger partial charge in [-0.15, -0.1) is 0 Å². The minimum atomic E-state index is -0.0600. The van der Waals surface area contributed by atoms with E-state index in [0.717, 1.165) is 41.5 Å². The topological polar surface area (TPSA) is 34.1 Å². The van der Waals surface area contributed by atoms with Crippen molar-refractivity contribution < 1.29 is 9.59 Å². The van der Waals surface area contributed by atoms with Crippen LogP contribution in [0.25, 0.3) is 5.57 Å². The molecule has 5 rings (SSSR count). The number of benzene rings is 2. The first-order valence-electron chi connectivity index (χ1n) is 9.64. The lowest BCUT2D eigenvalue weighted by atomic mass is 9.72. The van der Waals surface area contributed by atoms with Gasteiger partial charge in [0.25, 0.3) is 0 Å². The molecule has 0 unspecified atom stereocenters. The van der Waals surface area contributed by atoms with Crippen molar-refractivity contribution in [2.75, 3.05) is 0 Å². The highest BCUT2D eigenvalue weighted by atomic mass is 16.1. The van der Waals surface area contributed by atoms with Crippen LogP contribution < -0.4 is 0 Å². The molecule has 0 N–H and O–H groups in total. The molecule has 3 aliphatic rings.